The van der Waals surface area contributed by atoms with Crippen LogP contribution in [0.4, 0.5) is 0 Å². The minimum Gasteiger partial charge on any atom is -0.483 e. The molecule has 0 saturated heterocycles. The Bertz CT molecular complexity index is 958. The third-order valence-electron chi connectivity index (χ3n) is 6.80. The predicted octanol–water partition coefficient (Wildman–Crippen LogP) is 6.25. The van der Waals surface area contributed by atoms with Gasteiger partial charge in [0.05, 0.1) is 4.47 Å². The predicted molar refractivity (Wildman–Crippen MR) is 145 cm³/mol. The Hall–Kier alpha value is -2.34. The molecule has 1 aliphatic carbocycles. The summed E-state index contributed by atoms with van der Waals surface area (Å²) in [6.07, 6.45) is 6.81. The van der Waals surface area contributed by atoms with Crippen LogP contribution >= 0.6 is 15.9 Å². The lowest BCUT2D eigenvalue weighted by Gasteiger charge is -2.32. The van der Waals surface area contributed by atoms with E-state index in [9.17, 15) is 9.59 Å². The fourth-order valence-corrected chi connectivity index (χ4v) is 5.17. The lowest BCUT2D eigenvalue weighted by atomic mass is 9.95. The van der Waals surface area contributed by atoms with Crippen molar-refractivity contribution in [3.63, 3.8) is 0 Å². The number of rotatable bonds is 11. The highest BCUT2D eigenvalue weighted by molar-refractivity contribution is 9.10. The summed E-state index contributed by atoms with van der Waals surface area (Å²) in [7, 11) is 0. The Balaban J connectivity index is 1.71. The van der Waals surface area contributed by atoms with Crippen molar-refractivity contribution in [2.75, 3.05) is 13.2 Å². The summed E-state index contributed by atoms with van der Waals surface area (Å²) in [5, 5.41) is 3.22. The molecule has 190 valence electrons. The fourth-order valence-electron chi connectivity index (χ4n) is 4.66. The van der Waals surface area contributed by atoms with E-state index in [0.717, 1.165) is 35.7 Å². The summed E-state index contributed by atoms with van der Waals surface area (Å²) in [6.45, 7) is 6.60. The molecule has 0 aromatic heterocycles. The maximum Gasteiger partial charge on any atom is 0.261 e. The molecule has 2 aromatic carbocycles. The third kappa shape index (κ3) is 8.09. The molecule has 1 N–H and O–H groups in total. The number of benzene rings is 2. The number of amides is 2. The molecule has 2 aromatic rings. The van der Waals surface area contributed by atoms with Gasteiger partial charge >= 0.3 is 0 Å². The normalized spacial score (nSPS) is 15.0. The molecule has 2 amide bonds. The van der Waals surface area contributed by atoms with Gasteiger partial charge in [0.2, 0.25) is 5.91 Å². The Morgan fingerprint density at radius 1 is 1.09 bits per heavy atom. The van der Waals surface area contributed by atoms with Gasteiger partial charge in [0, 0.05) is 12.6 Å². The second kappa shape index (κ2) is 13.7. The van der Waals surface area contributed by atoms with E-state index in [0.29, 0.717) is 31.1 Å². The number of carbonyl (C=O) groups is 2. The SMILES string of the molecule is CC[C@@H](C(=O)NC1CCCCC1)N(CCc1ccccc1)C(=O)COc1ccc(C(C)C)cc1Br. The Labute approximate surface area is 218 Å². The molecular weight excluding hydrogens is 504 g/mol. The fraction of sp³-hybridized carbons (Fsp3) is 0.517. The first-order valence-corrected chi connectivity index (χ1v) is 13.7. The highest BCUT2D eigenvalue weighted by atomic mass is 79.9. The highest BCUT2D eigenvalue weighted by Crippen LogP contribution is 2.29. The van der Waals surface area contributed by atoms with E-state index in [1.54, 1.807) is 4.90 Å². The molecule has 0 unspecified atom stereocenters. The van der Waals surface area contributed by atoms with E-state index in [2.05, 4.69) is 47.2 Å². The minimum atomic E-state index is -0.511. The molecule has 0 radical (unpaired) electrons. The Morgan fingerprint density at radius 3 is 2.43 bits per heavy atom. The smallest absolute Gasteiger partial charge is 0.261 e. The Kier molecular flexibility index (Phi) is 10.6. The number of hydrogen-bond acceptors (Lipinski definition) is 3. The second-order valence-electron chi connectivity index (χ2n) is 9.72. The first-order chi connectivity index (χ1) is 16.9. The Morgan fingerprint density at radius 2 is 1.80 bits per heavy atom. The van der Waals surface area contributed by atoms with Crippen LogP contribution in [-0.2, 0) is 16.0 Å². The van der Waals surface area contributed by atoms with Crippen molar-refractivity contribution in [3.8, 4) is 5.75 Å². The van der Waals surface area contributed by atoms with Crippen LogP contribution in [0.3, 0.4) is 0 Å². The van der Waals surface area contributed by atoms with Crippen LogP contribution in [0.2, 0.25) is 0 Å². The standard InChI is InChI=1S/C29H39BrN2O3/c1-4-26(29(34)31-24-13-9-6-10-14-24)32(18-17-22-11-7-5-8-12-22)28(33)20-35-27-16-15-23(21(2)3)19-25(27)30/h5,7-8,11-12,15-16,19,21,24,26H,4,6,9-10,13-14,17-18,20H2,1-3H3,(H,31,34)/t26-/m0/s1. The summed E-state index contributed by atoms with van der Waals surface area (Å²) in [5.41, 5.74) is 2.34. The van der Waals surface area contributed by atoms with Crippen LogP contribution in [0.15, 0.2) is 53.0 Å². The number of nitrogens with one attached hydrogen (secondary N) is 1. The summed E-state index contributed by atoms with van der Waals surface area (Å²) in [6, 6.07) is 15.7. The number of nitrogens with zero attached hydrogens (tertiary/aromatic N) is 1. The molecular formula is C29H39BrN2O3. The number of hydrogen-bond donors (Lipinski definition) is 1. The van der Waals surface area contributed by atoms with E-state index in [4.69, 9.17) is 4.74 Å². The van der Waals surface area contributed by atoms with E-state index < -0.39 is 6.04 Å². The molecule has 1 atom stereocenters. The molecule has 1 fully saturated rings. The van der Waals surface area contributed by atoms with Crippen molar-refractivity contribution in [3.05, 3.63) is 64.1 Å². The van der Waals surface area contributed by atoms with Gasteiger partial charge < -0.3 is 15.0 Å². The zero-order chi connectivity index (χ0) is 25.2. The molecule has 1 saturated carbocycles. The summed E-state index contributed by atoms with van der Waals surface area (Å²) in [5.74, 6) is 0.809. The van der Waals surface area contributed by atoms with Gasteiger partial charge in [0.15, 0.2) is 6.61 Å². The maximum absolute atomic E-state index is 13.4. The van der Waals surface area contributed by atoms with Crippen molar-refractivity contribution in [1.82, 2.24) is 10.2 Å². The highest BCUT2D eigenvalue weighted by Gasteiger charge is 2.30. The lowest BCUT2D eigenvalue weighted by Crippen LogP contribution is -2.53. The van der Waals surface area contributed by atoms with Gasteiger partial charge in [-0.2, -0.15) is 0 Å². The first kappa shape index (κ1) is 27.3. The van der Waals surface area contributed by atoms with Gasteiger partial charge in [-0.25, -0.2) is 0 Å². The van der Waals surface area contributed by atoms with Crippen molar-refractivity contribution >= 4 is 27.7 Å². The van der Waals surface area contributed by atoms with Crippen molar-refractivity contribution in [2.45, 2.75) is 83.7 Å². The van der Waals surface area contributed by atoms with Crippen molar-refractivity contribution < 1.29 is 14.3 Å². The monoisotopic (exact) mass is 542 g/mol. The number of carbonyl (C=O) groups excluding carboxylic acids is 2. The molecule has 0 spiro atoms. The minimum absolute atomic E-state index is 0.0525. The van der Waals surface area contributed by atoms with Crippen LogP contribution in [-0.4, -0.2) is 41.9 Å². The molecule has 35 heavy (non-hydrogen) atoms. The quantitative estimate of drug-likeness (QED) is 0.365. The average Bonchev–Trinajstić information content (AvgIpc) is 2.86. The first-order valence-electron chi connectivity index (χ1n) is 12.9. The average molecular weight is 544 g/mol. The van der Waals surface area contributed by atoms with Crippen LogP contribution in [0.1, 0.15) is 76.3 Å². The molecule has 6 heteroatoms. The van der Waals surface area contributed by atoms with E-state index in [1.807, 2.05) is 43.3 Å². The van der Waals surface area contributed by atoms with Gasteiger partial charge in [-0.05, 0) is 70.8 Å². The van der Waals surface area contributed by atoms with Gasteiger partial charge in [0.25, 0.3) is 5.91 Å². The maximum atomic E-state index is 13.4. The van der Waals surface area contributed by atoms with Crippen molar-refractivity contribution in [2.24, 2.45) is 0 Å². The summed E-state index contributed by atoms with van der Waals surface area (Å²) < 4.78 is 6.75. The zero-order valence-electron chi connectivity index (χ0n) is 21.3. The molecule has 1 aliphatic rings. The molecule has 0 aliphatic heterocycles. The van der Waals surface area contributed by atoms with E-state index in [1.165, 1.54) is 12.0 Å². The third-order valence-corrected chi connectivity index (χ3v) is 7.42. The molecule has 0 heterocycles. The van der Waals surface area contributed by atoms with Gasteiger partial charge in [0.1, 0.15) is 11.8 Å². The van der Waals surface area contributed by atoms with Crippen LogP contribution in [0.25, 0.3) is 0 Å². The molecule has 5 nitrogen and oxygen atoms in total. The number of ether oxygens (including phenoxy) is 1. The van der Waals surface area contributed by atoms with E-state index >= 15 is 0 Å². The largest absolute Gasteiger partial charge is 0.483 e. The summed E-state index contributed by atoms with van der Waals surface area (Å²) in [4.78, 5) is 28.4. The van der Waals surface area contributed by atoms with Crippen LogP contribution in [0, 0.1) is 0 Å². The number of halogens is 1. The van der Waals surface area contributed by atoms with Crippen LogP contribution < -0.4 is 10.1 Å². The van der Waals surface area contributed by atoms with Gasteiger partial charge in [-0.1, -0.05) is 76.4 Å². The topological polar surface area (TPSA) is 58.6 Å². The van der Waals surface area contributed by atoms with Crippen molar-refractivity contribution in [1.29, 1.82) is 0 Å². The molecule has 0 bridgehead atoms. The van der Waals surface area contributed by atoms with Crippen LogP contribution in [0.5, 0.6) is 5.75 Å². The van der Waals surface area contributed by atoms with E-state index in [-0.39, 0.29) is 24.5 Å². The zero-order valence-corrected chi connectivity index (χ0v) is 22.9. The van der Waals surface area contributed by atoms with Gasteiger partial charge in [-0.15, -0.1) is 0 Å². The lowest BCUT2D eigenvalue weighted by molar-refractivity contribution is -0.142. The second-order valence-corrected chi connectivity index (χ2v) is 10.6. The summed E-state index contributed by atoms with van der Waals surface area (Å²) >= 11 is 3.57. The molecule has 3 rings (SSSR count). The van der Waals surface area contributed by atoms with Gasteiger partial charge in [-0.3, -0.25) is 9.59 Å².